The highest BCUT2D eigenvalue weighted by molar-refractivity contribution is 7.88. The number of nitrogens with one attached hydrogen (secondary N) is 1. The zero-order chi connectivity index (χ0) is 20.4. The minimum absolute atomic E-state index is 0.0658. The molecule has 1 aromatic heterocycles. The molecular weight excluding hydrogens is 393 g/mol. The van der Waals surface area contributed by atoms with E-state index in [-0.39, 0.29) is 5.56 Å². The molecule has 0 aliphatic rings. The predicted molar refractivity (Wildman–Crippen MR) is 97.0 cm³/mol. The molecule has 0 aliphatic carbocycles. The molecule has 1 atom stereocenters. The molecule has 3 aromatic rings. The van der Waals surface area contributed by atoms with E-state index >= 15 is 0 Å². The Kier molecular flexibility index (Phi) is 5.52. The summed E-state index contributed by atoms with van der Waals surface area (Å²) in [5.41, 5.74) is 0.657. The maximum Gasteiger partial charge on any atom is 0.416 e. The van der Waals surface area contributed by atoms with Crippen molar-refractivity contribution in [1.29, 1.82) is 0 Å². The number of halogens is 3. The van der Waals surface area contributed by atoms with Crippen LogP contribution in [0.2, 0.25) is 0 Å². The van der Waals surface area contributed by atoms with Crippen molar-refractivity contribution >= 4 is 10.0 Å². The summed E-state index contributed by atoms with van der Waals surface area (Å²) in [6, 6.07) is 10.8. The Morgan fingerprint density at radius 1 is 1.14 bits per heavy atom. The van der Waals surface area contributed by atoms with Gasteiger partial charge in [0, 0.05) is 6.04 Å². The molecule has 1 heterocycles. The molecule has 3 rings (SSSR count). The Balaban J connectivity index is 1.70. The van der Waals surface area contributed by atoms with Crippen molar-refractivity contribution < 1.29 is 21.6 Å². The number of sulfonamides is 1. The molecule has 0 saturated carbocycles. The van der Waals surface area contributed by atoms with Gasteiger partial charge in [-0.1, -0.05) is 30.3 Å². The van der Waals surface area contributed by atoms with E-state index in [0.29, 0.717) is 5.56 Å². The zero-order valence-corrected chi connectivity index (χ0v) is 15.6. The molecule has 0 spiro atoms. The van der Waals surface area contributed by atoms with Crippen molar-refractivity contribution in [3.8, 4) is 5.69 Å². The van der Waals surface area contributed by atoms with Crippen LogP contribution in [0.1, 0.15) is 29.7 Å². The summed E-state index contributed by atoms with van der Waals surface area (Å²) in [4.78, 5) is 3.86. The molecule has 2 aromatic carbocycles. The molecule has 1 unspecified atom stereocenters. The quantitative estimate of drug-likeness (QED) is 0.675. The van der Waals surface area contributed by atoms with Crippen LogP contribution in [0.4, 0.5) is 13.2 Å². The van der Waals surface area contributed by atoms with Crippen LogP contribution in [-0.4, -0.2) is 23.2 Å². The van der Waals surface area contributed by atoms with Gasteiger partial charge in [-0.3, -0.25) is 0 Å². The molecule has 0 fully saturated rings. The third kappa shape index (κ3) is 4.96. The summed E-state index contributed by atoms with van der Waals surface area (Å²) in [6.07, 6.45) is -1.58. The van der Waals surface area contributed by atoms with Crippen molar-refractivity contribution in [2.75, 3.05) is 0 Å². The molecule has 0 radical (unpaired) electrons. The topological polar surface area (TPSA) is 76.9 Å². The summed E-state index contributed by atoms with van der Waals surface area (Å²) >= 11 is 0. The first-order chi connectivity index (χ1) is 13.1. The highest BCUT2D eigenvalue weighted by Gasteiger charge is 2.30. The molecule has 148 valence electrons. The second-order valence-corrected chi connectivity index (χ2v) is 7.98. The molecule has 10 heteroatoms. The Hall–Kier alpha value is -2.72. The van der Waals surface area contributed by atoms with E-state index in [1.165, 1.54) is 24.8 Å². The number of alkyl halides is 3. The summed E-state index contributed by atoms with van der Waals surface area (Å²) in [5.74, 6) is -0.543. The highest BCUT2D eigenvalue weighted by atomic mass is 32.2. The van der Waals surface area contributed by atoms with Crippen LogP contribution in [-0.2, 0) is 22.0 Å². The first-order valence-corrected chi connectivity index (χ1v) is 9.90. The largest absolute Gasteiger partial charge is 0.416 e. The maximum atomic E-state index is 12.8. The van der Waals surface area contributed by atoms with E-state index in [1.54, 1.807) is 35.9 Å². The number of benzene rings is 2. The number of nitrogens with zero attached hydrogens (tertiary/aromatic N) is 3. The van der Waals surface area contributed by atoms with Crippen LogP contribution >= 0.6 is 0 Å². The summed E-state index contributed by atoms with van der Waals surface area (Å²) in [7, 11) is -3.84. The molecule has 0 aliphatic heterocycles. The van der Waals surface area contributed by atoms with Crippen LogP contribution in [0, 0.1) is 0 Å². The number of hydrogen-bond donors (Lipinski definition) is 1. The third-order valence-corrected chi connectivity index (χ3v) is 5.47. The van der Waals surface area contributed by atoms with Gasteiger partial charge in [0.15, 0.2) is 0 Å². The number of aromatic nitrogens is 3. The van der Waals surface area contributed by atoms with Crippen LogP contribution in [0.3, 0.4) is 0 Å². The monoisotopic (exact) mass is 410 g/mol. The van der Waals surface area contributed by atoms with Crippen molar-refractivity contribution in [1.82, 2.24) is 19.5 Å². The van der Waals surface area contributed by atoms with Gasteiger partial charge in [0.1, 0.15) is 12.7 Å². The van der Waals surface area contributed by atoms with E-state index in [1.807, 2.05) is 0 Å². The van der Waals surface area contributed by atoms with Gasteiger partial charge >= 0.3 is 6.18 Å². The van der Waals surface area contributed by atoms with Crippen LogP contribution in [0.15, 0.2) is 61.2 Å². The molecule has 28 heavy (non-hydrogen) atoms. The van der Waals surface area contributed by atoms with Crippen molar-refractivity contribution in [2.45, 2.75) is 24.9 Å². The molecule has 0 amide bonds. The first kappa shape index (κ1) is 20.0. The van der Waals surface area contributed by atoms with Crippen LogP contribution in [0.25, 0.3) is 5.69 Å². The van der Waals surface area contributed by atoms with Gasteiger partial charge in [-0.25, -0.2) is 22.8 Å². The van der Waals surface area contributed by atoms with Gasteiger partial charge < -0.3 is 0 Å². The smallest absolute Gasteiger partial charge is 0.223 e. The Morgan fingerprint density at radius 2 is 1.86 bits per heavy atom. The lowest BCUT2D eigenvalue weighted by molar-refractivity contribution is -0.137. The SMILES string of the molecule is CC(NS(=O)(=O)Cc1cccc(C(F)(F)F)c1)c1ccc(-n2cncn2)cc1. The molecule has 1 N–H and O–H groups in total. The Bertz CT molecular complexity index is 1030. The maximum absolute atomic E-state index is 12.8. The lowest BCUT2D eigenvalue weighted by Crippen LogP contribution is -2.28. The molecule has 6 nitrogen and oxygen atoms in total. The number of hydrogen-bond acceptors (Lipinski definition) is 4. The minimum Gasteiger partial charge on any atom is -0.223 e. The van der Waals surface area contributed by atoms with E-state index < -0.39 is 33.6 Å². The first-order valence-electron chi connectivity index (χ1n) is 8.25. The van der Waals surface area contributed by atoms with E-state index in [0.717, 1.165) is 17.8 Å². The number of rotatable bonds is 6. The summed E-state index contributed by atoms with van der Waals surface area (Å²) < 4.78 is 67.2. The van der Waals surface area contributed by atoms with E-state index in [9.17, 15) is 21.6 Å². The second-order valence-electron chi connectivity index (χ2n) is 6.23. The normalized spacial score (nSPS) is 13.4. The molecule has 0 bridgehead atoms. The fraction of sp³-hybridized carbons (Fsp3) is 0.222. The lowest BCUT2D eigenvalue weighted by Gasteiger charge is -2.16. The van der Waals surface area contributed by atoms with Gasteiger partial charge in [-0.05, 0) is 36.2 Å². The zero-order valence-electron chi connectivity index (χ0n) is 14.8. The minimum atomic E-state index is -4.52. The van der Waals surface area contributed by atoms with Gasteiger partial charge in [0.2, 0.25) is 10.0 Å². The van der Waals surface area contributed by atoms with E-state index in [4.69, 9.17) is 0 Å². The second kappa shape index (κ2) is 7.72. The predicted octanol–water partition coefficient (Wildman–Crippen LogP) is 3.47. The lowest BCUT2D eigenvalue weighted by atomic mass is 10.1. The fourth-order valence-electron chi connectivity index (χ4n) is 2.69. The molecule has 0 saturated heterocycles. The fourth-order valence-corrected chi connectivity index (χ4v) is 4.07. The van der Waals surface area contributed by atoms with Gasteiger partial charge in [-0.2, -0.15) is 18.3 Å². The average molecular weight is 410 g/mol. The summed E-state index contributed by atoms with van der Waals surface area (Å²) in [6.45, 7) is 1.66. The summed E-state index contributed by atoms with van der Waals surface area (Å²) in [5, 5.41) is 4.01. The highest BCUT2D eigenvalue weighted by Crippen LogP contribution is 2.30. The Labute approximate surface area is 160 Å². The van der Waals surface area contributed by atoms with E-state index in [2.05, 4.69) is 14.8 Å². The Morgan fingerprint density at radius 3 is 2.46 bits per heavy atom. The molecular formula is C18H17F3N4O2S. The third-order valence-electron chi connectivity index (χ3n) is 4.04. The standard InChI is InChI=1S/C18H17F3N4O2S/c1-13(15-5-7-17(8-6-15)25-12-22-11-23-25)24-28(26,27)10-14-3-2-4-16(9-14)18(19,20)21/h2-9,11-13,24H,10H2,1H3. The van der Waals surface area contributed by atoms with Crippen molar-refractivity contribution in [2.24, 2.45) is 0 Å². The average Bonchev–Trinajstić information content (AvgIpc) is 3.15. The van der Waals surface area contributed by atoms with Crippen LogP contribution in [0.5, 0.6) is 0 Å². The van der Waals surface area contributed by atoms with Gasteiger partial charge in [0.25, 0.3) is 0 Å². The van der Waals surface area contributed by atoms with Crippen LogP contribution < -0.4 is 4.72 Å². The van der Waals surface area contributed by atoms with Crippen molar-refractivity contribution in [3.05, 3.63) is 77.9 Å². The van der Waals surface area contributed by atoms with Gasteiger partial charge in [0.05, 0.1) is 17.0 Å². The van der Waals surface area contributed by atoms with Gasteiger partial charge in [-0.15, -0.1) is 0 Å². The van der Waals surface area contributed by atoms with Crippen molar-refractivity contribution in [3.63, 3.8) is 0 Å².